The van der Waals surface area contributed by atoms with E-state index >= 15 is 0 Å². The molecule has 0 N–H and O–H groups in total. The smallest absolute Gasteiger partial charge is 0.339 e. The third-order valence-corrected chi connectivity index (χ3v) is 6.51. The Bertz CT molecular complexity index is 1660. The summed E-state index contributed by atoms with van der Waals surface area (Å²) < 4.78 is 13.1. The van der Waals surface area contributed by atoms with Crippen molar-refractivity contribution in [1.29, 1.82) is 0 Å². The number of benzene rings is 2. The van der Waals surface area contributed by atoms with Crippen molar-refractivity contribution in [2.75, 3.05) is 0 Å². The lowest BCUT2D eigenvalue weighted by atomic mass is 10.1. The molecule has 176 valence electrons. The second-order valence-corrected chi connectivity index (χ2v) is 8.95. The van der Waals surface area contributed by atoms with Crippen LogP contribution in [0.1, 0.15) is 21.9 Å². The van der Waals surface area contributed by atoms with Crippen molar-refractivity contribution in [2.24, 2.45) is 0 Å². The summed E-state index contributed by atoms with van der Waals surface area (Å²) in [5.74, 6) is 0.0611. The van der Waals surface area contributed by atoms with Crippen LogP contribution >= 0.6 is 11.3 Å². The Labute approximate surface area is 209 Å². The highest BCUT2D eigenvalue weighted by atomic mass is 32.1. The number of pyridine rings is 1. The first kappa shape index (κ1) is 21.9. The second kappa shape index (κ2) is 9.20. The highest BCUT2D eigenvalue weighted by molar-refractivity contribution is 7.13. The van der Waals surface area contributed by atoms with Gasteiger partial charge in [-0.25, -0.2) is 14.5 Å². The van der Waals surface area contributed by atoms with Crippen LogP contribution in [0.5, 0.6) is 0 Å². The summed E-state index contributed by atoms with van der Waals surface area (Å²) >= 11 is 1.55. The molecule has 4 heterocycles. The van der Waals surface area contributed by atoms with Crippen molar-refractivity contribution in [2.45, 2.75) is 13.5 Å². The average molecular weight is 494 g/mol. The highest BCUT2D eigenvalue weighted by Crippen LogP contribution is 2.31. The third-order valence-electron chi connectivity index (χ3n) is 5.62. The zero-order valence-electron chi connectivity index (χ0n) is 19.2. The normalized spacial score (nSPS) is 11.1. The maximum atomic E-state index is 13.4. The topological polar surface area (TPSA) is 95.9 Å². The standard InChI is InChI=1S/C27H19N5O3S/c1-17-24-20(27(33)34-16-23-29-30-26(35-23)18-9-4-2-5-10-18)15-21(22-13-8-14-36-22)28-25(24)32(31-17)19-11-6-3-7-12-19/h2-15H,16H2,1H3. The fourth-order valence-corrected chi connectivity index (χ4v) is 4.65. The molecule has 4 aromatic heterocycles. The van der Waals surface area contributed by atoms with E-state index in [0.29, 0.717) is 33.9 Å². The molecule has 0 fully saturated rings. The maximum Gasteiger partial charge on any atom is 0.339 e. The van der Waals surface area contributed by atoms with E-state index in [1.54, 1.807) is 22.1 Å². The van der Waals surface area contributed by atoms with Crippen molar-refractivity contribution in [3.63, 3.8) is 0 Å². The Morgan fingerprint density at radius 3 is 2.53 bits per heavy atom. The molecule has 0 bridgehead atoms. The molecule has 9 heteroatoms. The molecule has 0 amide bonds. The van der Waals surface area contributed by atoms with Crippen LogP contribution in [0.4, 0.5) is 0 Å². The van der Waals surface area contributed by atoms with Gasteiger partial charge in [0.1, 0.15) is 0 Å². The lowest BCUT2D eigenvalue weighted by Gasteiger charge is -2.08. The Balaban J connectivity index is 1.37. The number of nitrogens with zero attached hydrogens (tertiary/aromatic N) is 5. The zero-order valence-corrected chi connectivity index (χ0v) is 20.0. The number of carbonyl (C=O) groups is 1. The number of rotatable bonds is 6. The Morgan fingerprint density at radius 2 is 1.78 bits per heavy atom. The fraction of sp³-hybridized carbons (Fsp3) is 0.0741. The van der Waals surface area contributed by atoms with Crippen LogP contribution in [0.2, 0.25) is 0 Å². The number of thiophene rings is 1. The molecule has 0 saturated heterocycles. The minimum Gasteiger partial charge on any atom is -0.452 e. The molecule has 0 radical (unpaired) electrons. The summed E-state index contributed by atoms with van der Waals surface area (Å²) in [6, 6.07) is 24.8. The summed E-state index contributed by atoms with van der Waals surface area (Å²) in [7, 11) is 0. The Kier molecular flexibility index (Phi) is 5.59. The van der Waals surface area contributed by atoms with Gasteiger partial charge in [-0.3, -0.25) is 0 Å². The lowest BCUT2D eigenvalue weighted by Crippen LogP contribution is -2.08. The number of aromatic nitrogens is 5. The molecule has 8 nitrogen and oxygen atoms in total. The lowest BCUT2D eigenvalue weighted by molar-refractivity contribution is 0.0441. The predicted octanol–water partition coefficient (Wildman–Crippen LogP) is 5.86. The fourth-order valence-electron chi connectivity index (χ4n) is 3.96. The predicted molar refractivity (Wildman–Crippen MR) is 136 cm³/mol. The van der Waals surface area contributed by atoms with Crippen LogP contribution < -0.4 is 0 Å². The van der Waals surface area contributed by atoms with Crippen molar-refractivity contribution in [3.8, 4) is 27.7 Å². The summed E-state index contributed by atoms with van der Waals surface area (Å²) in [5, 5.41) is 15.4. The van der Waals surface area contributed by atoms with Crippen LogP contribution in [0, 0.1) is 6.92 Å². The van der Waals surface area contributed by atoms with E-state index in [2.05, 4.69) is 15.3 Å². The van der Waals surface area contributed by atoms with Gasteiger partial charge in [0, 0.05) is 5.56 Å². The number of aryl methyl sites for hydroxylation is 1. The maximum absolute atomic E-state index is 13.4. The Morgan fingerprint density at radius 1 is 1.00 bits per heavy atom. The van der Waals surface area contributed by atoms with E-state index in [1.807, 2.05) is 85.1 Å². The van der Waals surface area contributed by atoms with Gasteiger partial charge in [-0.2, -0.15) is 5.10 Å². The van der Waals surface area contributed by atoms with Gasteiger partial charge < -0.3 is 9.15 Å². The molecule has 36 heavy (non-hydrogen) atoms. The molecule has 0 atom stereocenters. The summed E-state index contributed by atoms with van der Waals surface area (Å²) in [5.41, 5.74) is 3.96. The van der Waals surface area contributed by atoms with E-state index in [1.165, 1.54) is 0 Å². The zero-order chi connectivity index (χ0) is 24.5. The molecular formula is C27H19N5O3S. The van der Waals surface area contributed by atoms with E-state index in [0.717, 1.165) is 16.1 Å². The molecule has 0 aliphatic rings. The van der Waals surface area contributed by atoms with Crippen molar-refractivity contribution < 1.29 is 13.9 Å². The summed E-state index contributed by atoms with van der Waals surface area (Å²) in [4.78, 5) is 19.2. The quantitative estimate of drug-likeness (QED) is 0.268. The molecular weight excluding hydrogens is 474 g/mol. The average Bonchev–Trinajstić information content (AvgIpc) is 3.69. The number of fused-ring (bicyclic) bond motifs is 1. The first-order valence-electron chi connectivity index (χ1n) is 11.2. The third kappa shape index (κ3) is 4.05. The molecule has 0 unspecified atom stereocenters. The summed E-state index contributed by atoms with van der Waals surface area (Å²) in [6.07, 6.45) is 0. The van der Waals surface area contributed by atoms with Crippen LogP contribution in [-0.2, 0) is 11.3 Å². The Hall–Kier alpha value is -4.63. The molecule has 6 rings (SSSR count). The molecule has 0 saturated carbocycles. The second-order valence-electron chi connectivity index (χ2n) is 8.01. The van der Waals surface area contributed by atoms with E-state index in [-0.39, 0.29) is 12.5 Å². The number of hydrogen-bond acceptors (Lipinski definition) is 8. The van der Waals surface area contributed by atoms with Crippen LogP contribution in [0.3, 0.4) is 0 Å². The van der Waals surface area contributed by atoms with E-state index in [4.69, 9.17) is 14.1 Å². The largest absolute Gasteiger partial charge is 0.452 e. The number of carbonyl (C=O) groups excluding carboxylic acids is 1. The van der Waals surface area contributed by atoms with Crippen LogP contribution in [0.25, 0.3) is 38.7 Å². The minimum atomic E-state index is -0.518. The van der Waals surface area contributed by atoms with Gasteiger partial charge in [-0.15, -0.1) is 21.5 Å². The van der Waals surface area contributed by atoms with Gasteiger partial charge >= 0.3 is 5.97 Å². The van der Waals surface area contributed by atoms with Crippen molar-refractivity contribution in [3.05, 3.63) is 101 Å². The molecule has 0 spiro atoms. The van der Waals surface area contributed by atoms with Gasteiger partial charge in [0.2, 0.25) is 5.89 Å². The van der Waals surface area contributed by atoms with E-state index in [9.17, 15) is 4.79 Å². The molecule has 2 aromatic carbocycles. The van der Waals surface area contributed by atoms with Crippen molar-refractivity contribution >= 4 is 28.3 Å². The SMILES string of the molecule is Cc1nn(-c2ccccc2)c2nc(-c3cccs3)cc(C(=O)OCc3nnc(-c4ccccc4)o3)c12. The minimum absolute atomic E-state index is 0.150. The first-order chi connectivity index (χ1) is 17.7. The van der Waals surface area contributed by atoms with Crippen LogP contribution in [0.15, 0.2) is 88.7 Å². The first-order valence-corrected chi connectivity index (χ1v) is 12.1. The van der Waals surface area contributed by atoms with Gasteiger partial charge in [-0.1, -0.05) is 42.5 Å². The number of para-hydroxylation sites is 1. The van der Waals surface area contributed by atoms with Crippen LogP contribution in [-0.4, -0.2) is 30.9 Å². The van der Waals surface area contributed by atoms with E-state index < -0.39 is 5.97 Å². The van der Waals surface area contributed by atoms with Gasteiger partial charge in [-0.05, 0) is 48.7 Å². The van der Waals surface area contributed by atoms with Gasteiger partial charge in [0.05, 0.1) is 32.9 Å². The summed E-state index contributed by atoms with van der Waals surface area (Å²) in [6.45, 7) is 1.71. The monoisotopic (exact) mass is 493 g/mol. The molecule has 0 aliphatic heterocycles. The molecule has 6 aromatic rings. The number of hydrogen-bond donors (Lipinski definition) is 0. The molecule has 0 aliphatic carbocycles. The van der Waals surface area contributed by atoms with Gasteiger partial charge in [0.15, 0.2) is 12.3 Å². The number of ether oxygens (including phenoxy) is 1. The van der Waals surface area contributed by atoms with Gasteiger partial charge in [0.25, 0.3) is 5.89 Å². The number of esters is 1. The van der Waals surface area contributed by atoms with Crippen molar-refractivity contribution in [1.82, 2.24) is 25.0 Å². The highest BCUT2D eigenvalue weighted by Gasteiger charge is 2.23.